The Morgan fingerprint density at radius 3 is 2.48 bits per heavy atom. The molecule has 0 saturated carbocycles. The van der Waals surface area contributed by atoms with E-state index in [9.17, 15) is 0 Å². The summed E-state index contributed by atoms with van der Waals surface area (Å²) in [6.45, 7) is 3.88. The minimum absolute atomic E-state index is 0.664. The second-order valence-electron chi connectivity index (χ2n) is 5.77. The number of para-hydroxylation sites is 1. The van der Waals surface area contributed by atoms with Crippen LogP contribution in [0.4, 0.5) is 0 Å². The van der Waals surface area contributed by atoms with Crippen LogP contribution in [0.2, 0.25) is 0 Å². The van der Waals surface area contributed by atoms with Gasteiger partial charge in [-0.3, -0.25) is 0 Å². The molecular weight excluding hydrogens is 330 g/mol. The standard InChI is InChI=1S/C20H17N3OS/c1-13-18(23-19(24-13)15-8-4-3-5-9-15)12-25-20-16-10-6-7-11-17(16)21-14(2)22-20/h3-11H,12H2,1-2H3. The molecule has 124 valence electrons. The number of rotatable bonds is 4. The second kappa shape index (κ2) is 6.69. The zero-order chi connectivity index (χ0) is 17.2. The third kappa shape index (κ3) is 3.28. The average Bonchev–Trinajstić information content (AvgIpc) is 3.01. The molecule has 4 aromatic rings. The third-order valence-corrected chi connectivity index (χ3v) is 4.94. The summed E-state index contributed by atoms with van der Waals surface area (Å²) >= 11 is 1.67. The number of nitrogens with zero attached hydrogens (tertiary/aromatic N) is 3. The summed E-state index contributed by atoms with van der Waals surface area (Å²) in [7, 11) is 0. The molecule has 0 aliphatic heterocycles. The highest BCUT2D eigenvalue weighted by Crippen LogP contribution is 2.30. The van der Waals surface area contributed by atoms with E-state index in [1.165, 1.54) is 0 Å². The lowest BCUT2D eigenvalue weighted by molar-refractivity contribution is 0.540. The molecule has 4 nitrogen and oxygen atoms in total. The average molecular weight is 347 g/mol. The lowest BCUT2D eigenvalue weighted by Gasteiger charge is -2.05. The number of benzene rings is 2. The Balaban J connectivity index is 1.61. The van der Waals surface area contributed by atoms with E-state index in [-0.39, 0.29) is 0 Å². The summed E-state index contributed by atoms with van der Waals surface area (Å²) in [6, 6.07) is 18.0. The normalized spacial score (nSPS) is 11.1. The highest BCUT2D eigenvalue weighted by molar-refractivity contribution is 7.98. The van der Waals surface area contributed by atoms with Crippen molar-refractivity contribution in [3.05, 3.63) is 71.9 Å². The third-order valence-electron chi connectivity index (χ3n) is 3.94. The smallest absolute Gasteiger partial charge is 0.226 e. The Bertz CT molecular complexity index is 1030. The summed E-state index contributed by atoms with van der Waals surface area (Å²) in [4.78, 5) is 13.8. The minimum atomic E-state index is 0.664. The Morgan fingerprint density at radius 2 is 1.64 bits per heavy atom. The molecule has 0 saturated heterocycles. The minimum Gasteiger partial charge on any atom is -0.441 e. The van der Waals surface area contributed by atoms with Gasteiger partial charge in [0.1, 0.15) is 16.6 Å². The monoisotopic (exact) mass is 347 g/mol. The number of oxazole rings is 1. The van der Waals surface area contributed by atoms with E-state index in [0.29, 0.717) is 11.6 Å². The summed E-state index contributed by atoms with van der Waals surface area (Å²) in [5.41, 5.74) is 2.91. The van der Waals surface area contributed by atoms with Gasteiger partial charge in [0.25, 0.3) is 0 Å². The number of aryl methyl sites for hydroxylation is 2. The van der Waals surface area contributed by atoms with Gasteiger partial charge in [-0.25, -0.2) is 15.0 Å². The van der Waals surface area contributed by atoms with Crippen molar-refractivity contribution in [1.29, 1.82) is 0 Å². The van der Waals surface area contributed by atoms with Gasteiger partial charge < -0.3 is 4.42 Å². The quantitative estimate of drug-likeness (QED) is 0.375. The Kier molecular flexibility index (Phi) is 4.24. The lowest BCUT2D eigenvalue weighted by Crippen LogP contribution is -1.93. The number of thioether (sulfide) groups is 1. The van der Waals surface area contributed by atoms with E-state index in [2.05, 4.69) is 21.0 Å². The van der Waals surface area contributed by atoms with Crippen LogP contribution in [0.1, 0.15) is 17.3 Å². The molecule has 0 bridgehead atoms. The number of hydrogen-bond donors (Lipinski definition) is 0. The maximum absolute atomic E-state index is 5.84. The van der Waals surface area contributed by atoms with Crippen molar-refractivity contribution >= 4 is 22.7 Å². The van der Waals surface area contributed by atoms with Gasteiger partial charge >= 0.3 is 0 Å². The van der Waals surface area contributed by atoms with Gasteiger partial charge in [0.2, 0.25) is 5.89 Å². The Hall–Kier alpha value is -2.66. The molecule has 4 rings (SSSR count). The maximum atomic E-state index is 5.84. The number of hydrogen-bond acceptors (Lipinski definition) is 5. The molecule has 5 heteroatoms. The van der Waals surface area contributed by atoms with Crippen molar-refractivity contribution in [2.24, 2.45) is 0 Å². The first-order valence-corrected chi connectivity index (χ1v) is 9.07. The molecule has 2 aromatic carbocycles. The summed E-state index contributed by atoms with van der Waals surface area (Å²) in [5, 5.41) is 2.05. The summed E-state index contributed by atoms with van der Waals surface area (Å²) in [5.74, 6) is 3.00. The second-order valence-corrected chi connectivity index (χ2v) is 6.73. The fraction of sp³-hybridized carbons (Fsp3) is 0.150. The van der Waals surface area contributed by atoms with Gasteiger partial charge in [-0.1, -0.05) is 48.2 Å². The van der Waals surface area contributed by atoms with Crippen LogP contribution in [0.5, 0.6) is 0 Å². The predicted molar refractivity (Wildman–Crippen MR) is 101 cm³/mol. The molecule has 0 atom stereocenters. The lowest BCUT2D eigenvalue weighted by atomic mass is 10.2. The molecule has 25 heavy (non-hydrogen) atoms. The van der Waals surface area contributed by atoms with Crippen LogP contribution in [-0.2, 0) is 5.75 Å². The van der Waals surface area contributed by atoms with Gasteiger partial charge in [-0.2, -0.15) is 0 Å². The van der Waals surface area contributed by atoms with Crippen LogP contribution >= 0.6 is 11.8 Å². The van der Waals surface area contributed by atoms with Crippen LogP contribution in [0.15, 0.2) is 64.0 Å². The summed E-state index contributed by atoms with van der Waals surface area (Å²) < 4.78 is 5.84. The zero-order valence-corrected chi connectivity index (χ0v) is 14.9. The van der Waals surface area contributed by atoms with Gasteiger partial charge in [-0.05, 0) is 32.0 Å². The molecule has 0 fully saturated rings. The van der Waals surface area contributed by atoms with Crippen molar-refractivity contribution in [1.82, 2.24) is 15.0 Å². The number of aromatic nitrogens is 3. The molecule has 0 amide bonds. The fourth-order valence-electron chi connectivity index (χ4n) is 2.67. The van der Waals surface area contributed by atoms with Crippen LogP contribution in [0.25, 0.3) is 22.4 Å². The van der Waals surface area contributed by atoms with Crippen molar-refractivity contribution in [3.63, 3.8) is 0 Å². The van der Waals surface area contributed by atoms with Gasteiger partial charge in [-0.15, -0.1) is 0 Å². The van der Waals surface area contributed by atoms with E-state index >= 15 is 0 Å². The molecule has 0 unspecified atom stereocenters. The van der Waals surface area contributed by atoms with Gasteiger partial charge in [0.15, 0.2) is 0 Å². The molecule has 2 heterocycles. The van der Waals surface area contributed by atoms with Crippen molar-refractivity contribution < 1.29 is 4.42 Å². The van der Waals surface area contributed by atoms with Crippen molar-refractivity contribution in [2.45, 2.75) is 24.6 Å². The van der Waals surface area contributed by atoms with E-state index < -0.39 is 0 Å². The molecule has 0 N–H and O–H groups in total. The van der Waals surface area contributed by atoms with E-state index in [1.807, 2.05) is 62.4 Å². The first kappa shape index (κ1) is 15.8. The van der Waals surface area contributed by atoms with Crippen molar-refractivity contribution in [2.75, 3.05) is 0 Å². The predicted octanol–water partition coefficient (Wildman–Crippen LogP) is 5.19. The topological polar surface area (TPSA) is 51.8 Å². The van der Waals surface area contributed by atoms with Crippen molar-refractivity contribution in [3.8, 4) is 11.5 Å². The van der Waals surface area contributed by atoms with Crippen LogP contribution in [0.3, 0.4) is 0 Å². The number of fused-ring (bicyclic) bond motifs is 1. The van der Waals surface area contributed by atoms with Crippen LogP contribution in [0, 0.1) is 13.8 Å². The van der Waals surface area contributed by atoms with E-state index in [1.54, 1.807) is 11.8 Å². The highest BCUT2D eigenvalue weighted by Gasteiger charge is 2.13. The molecule has 0 aliphatic rings. The molecule has 0 radical (unpaired) electrons. The zero-order valence-electron chi connectivity index (χ0n) is 14.1. The largest absolute Gasteiger partial charge is 0.441 e. The highest BCUT2D eigenvalue weighted by atomic mass is 32.2. The molecular formula is C20H17N3OS. The van der Waals surface area contributed by atoms with Crippen LogP contribution in [-0.4, -0.2) is 15.0 Å². The molecule has 2 aromatic heterocycles. The van der Waals surface area contributed by atoms with Gasteiger partial charge in [0.05, 0.1) is 11.2 Å². The summed E-state index contributed by atoms with van der Waals surface area (Å²) in [6.07, 6.45) is 0. The van der Waals surface area contributed by atoms with E-state index in [4.69, 9.17) is 4.42 Å². The van der Waals surface area contributed by atoms with Crippen LogP contribution < -0.4 is 0 Å². The van der Waals surface area contributed by atoms with Gasteiger partial charge in [0, 0.05) is 16.7 Å². The SMILES string of the molecule is Cc1nc(SCc2nc(-c3ccccc3)oc2C)c2ccccc2n1. The first-order chi connectivity index (χ1) is 12.2. The fourth-order valence-corrected chi connectivity index (χ4v) is 3.74. The Morgan fingerprint density at radius 1 is 0.880 bits per heavy atom. The maximum Gasteiger partial charge on any atom is 0.226 e. The van der Waals surface area contributed by atoms with E-state index in [0.717, 1.165) is 38.8 Å². The molecule has 0 spiro atoms. The Labute approximate surface area is 150 Å². The first-order valence-electron chi connectivity index (χ1n) is 8.08. The molecule has 0 aliphatic carbocycles.